The summed E-state index contributed by atoms with van der Waals surface area (Å²) in [6, 6.07) is 1.79. The van der Waals surface area contributed by atoms with E-state index >= 15 is 0 Å². The second-order valence-corrected chi connectivity index (χ2v) is 6.75. The fourth-order valence-electron chi connectivity index (χ4n) is 2.26. The van der Waals surface area contributed by atoms with Crippen molar-refractivity contribution >= 4 is 34.0 Å². The Kier molecular flexibility index (Phi) is 4.57. The number of nitrogens with one attached hydrogen (secondary N) is 2. The molecule has 3 rings (SSSR count). The number of fused-ring (bicyclic) bond motifs is 1. The summed E-state index contributed by atoms with van der Waals surface area (Å²) >= 11 is 2.91. The van der Waals surface area contributed by atoms with Gasteiger partial charge in [-0.25, -0.2) is 4.98 Å². The predicted octanol–water partition coefficient (Wildman–Crippen LogP) is 0.467. The zero-order valence-electron chi connectivity index (χ0n) is 11.4. The molecule has 2 aromatic heterocycles. The van der Waals surface area contributed by atoms with E-state index in [-0.39, 0.29) is 17.5 Å². The molecule has 0 aliphatic carbocycles. The second kappa shape index (κ2) is 6.59. The number of hydrogen-bond acceptors (Lipinski definition) is 6. The number of carbonyl (C=O) groups excluding carboxylic acids is 1. The molecule has 1 aliphatic rings. The molecule has 21 heavy (non-hydrogen) atoms. The number of aromatic nitrogens is 2. The van der Waals surface area contributed by atoms with E-state index in [1.54, 1.807) is 6.20 Å². The molecular formula is C13H16N4O2S2. The summed E-state index contributed by atoms with van der Waals surface area (Å²) in [6.07, 6.45) is 2.71. The third-order valence-electron chi connectivity index (χ3n) is 3.26. The molecule has 0 aromatic carbocycles. The summed E-state index contributed by atoms with van der Waals surface area (Å²) in [5.74, 6) is 1.00. The average molecular weight is 324 g/mol. The molecule has 8 heteroatoms. The summed E-state index contributed by atoms with van der Waals surface area (Å²) in [6.45, 7) is 1.82. The Morgan fingerprint density at radius 3 is 3.33 bits per heavy atom. The number of thiazole rings is 1. The molecule has 1 aliphatic heterocycles. The highest BCUT2D eigenvalue weighted by Crippen LogP contribution is 2.12. The Morgan fingerprint density at radius 2 is 2.52 bits per heavy atom. The number of thioether (sulfide) groups is 1. The molecular weight excluding hydrogens is 308 g/mol. The summed E-state index contributed by atoms with van der Waals surface area (Å²) in [4.78, 5) is 28.7. The normalized spacial score (nSPS) is 18.2. The van der Waals surface area contributed by atoms with Crippen LogP contribution in [0.2, 0.25) is 0 Å². The van der Waals surface area contributed by atoms with Crippen LogP contribution < -0.4 is 16.2 Å². The van der Waals surface area contributed by atoms with Gasteiger partial charge >= 0.3 is 0 Å². The van der Waals surface area contributed by atoms with Crippen LogP contribution in [0.1, 0.15) is 12.1 Å². The fourth-order valence-corrected chi connectivity index (χ4v) is 3.72. The van der Waals surface area contributed by atoms with E-state index in [0.29, 0.717) is 16.5 Å². The highest BCUT2D eigenvalue weighted by atomic mass is 32.2. The zero-order chi connectivity index (χ0) is 14.7. The Labute approximate surface area is 130 Å². The first-order chi connectivity index (χ1) is 10.2. The molecule has 2 N–H and O–H groups in total. The van der Waals surface area contributed by atoms with E-state index in [0.717, 1.165) is 25.2 Å². The van der Waals surface area contributed by atoms with E-state index < -0.39 is 0 Å². The van der Waals surface area contributed by atoms with Crippen molar-refractivity contribution in [3.63, 3.8) is 0 Å². The molecule has 1 saturated heterocycles. The van der Waals surface area contributed by atoms with Crippen molar-refractivity contribution in [1.29, 1.82) is 0 Å². The fraction of sp³-hybridized carbons (Fsp3) is 0.462. The van der Waals surface area contributed by atoms with Gasteiger partial charge in [0.1, 0.15) is 0 Å². The van der Waals surface area contributed by atoms with Gasteiger partial charge < -0.3 is 10.6 Å². The lowest BCUT2D eigenvalue weighted by Crippen LogP contribution is -2.37. The molecule has 6 nitrogen and oxygen atoms in total. The zero-order valence-corrected chi connectivity index (χ0v) is 13.0. The van der Waals surface area contributed by atoms with Gasteiger partial charge in [-0.3, -0.25) is 14.0 Å². The topological polar surface area (TPSA) is 75.5 Å². The van der Waals surface area contributed by atoms with Crippen molar-refractivity contribution in [2.45, 2.75) is 18.2 Å². The van der Waals surface area contributed by atoms with Crippen LogP contribution in [0.25, 0.3) is 4.96 Å². The first kappa shape index (κ1) is 14.6. The van der Waals surface area contributed by atoms with Crippen molar-refractivity contribution in [2.24, 2.45) is 0 Å². The standard InChI is InChI=1S/C13H16N4O2S2/c18-11(15-9-1-2-14-6-9)8-20-7-10-5-12(19)17-3-4-21-13(17)16-10/h3-5,9,14H,1-2,6-8H2,(H,15,18). The van der Waals surface area contributed by atoms with Gasteiger partial charge in [-0.2, -0.15) is 0 Å². The Morgan fingerprint density at radius 1 is 1.62 bits per heavy atom. The lowest BCUT2D eigenvalue weighted by Gasteiger charge is -2.10. The molecule has 1 fully saturated rings. The quantitative estimate of drug-likeness (QED) is 0.836. The maximum absolute atomic E-state index is 11.8. The third kappa shape index (κ3) is 3.63. The van der Waals surface area contributed by atoms with E-state index in [1.807, 2.05) is 5.38 Å². The van der Waals surface area contributed by atoms with E-state index in [1.165, 1.54) is 33.6 Å². The van der Waals surface area contributed by atoms with Crippen molar-refractivity contribution in [3.05, 3.63) is 33.7 Å². The van der Waals surface area contributed by atoms with Crippen LogP contribution in [0.3, 0.4) is 0 Å². The van der Waals surface area contributed by atoms with Crippen LogP contribution in [-0.2, 0) is 10.5 Å². The lowest BCUT2D eigenvalue weighted by atomic mass is 10.3. The number of hydrogen-bond donors (Lipinski definition) is 2. The predicted molar refractivity (Wildman–Crippen MR) is 84.9 cm³/mol. The van der Waals surface area contributed by atoms with Gasteiger partial charge in [0.05, 0.1) is 11.4 Å². The van der Waals surface area contributed by atoms with Crippen LogP contribution >= 0.6 is 23.1 Å². The highest BCUT2D eigenvalue weighted by Gasteiger charge is 2.16. The molecule has 2 aromatic rings. The second-order valence-electron chi connectivity index (χ2n) is 4.89. The Hall–Kier alpha value is -1.38. The van der Waals surface area contributed by atoms with Crippen molar-refractivity contribution in [3.8, 4) is 0 Å². The lowest BCUT2D eigenvalue weighted by molar-refractivity contribution is -0.119. The van der Waals surface area contributed by atoms with Crippen LogP contribution in [0, 0.1) is 0 Å². The number of nitrogens with zero attached hydrogens (tertiary/aromatic N) is 2. The van der Waals surface area contributed by atoms with Gasteiger partial charge in [-0.15, -0.1) is 23.1 Å². The molecule has 1 unspecified atom stereocenters. The minimum atomic E-state index is -0.0710. The van der Waals surface area contributed by atoms with Crippen molar-refractivity contribution < 1.29 is 4.79 Å². The minimum absolute atomic E-state index is 0.0441. The molecule has 0 saturated carbocycles. The summed E-state index contributed by atoms with van der Waals surface area (Å²) in [5, 5.41) is 8.05. The van der Waals surface area contributed by atoms with Crippen LogP contribution in [0.15, 0.2) is 22.4 Å². The first-order valence-corrected chi connectivity index (χ1v) is 8.79. The number of amides is 1. The summed E-state index contributed by atoms with van der Waals surface area (Å²) in [7, 11) is 0. The van der Waals surface area contributed by atoms with Gasteiger partial charge in [0.15, 0.2) is 4.96 Å². The number of rotatable bonds is 5. The Balaban J connectivity index is 1.51. The molecule has 0 bridgehead atoms. The van der Waals surface area contributed by atoms with E-state index in [4.69, 9.17) is 0 Å². The SMILES string of the molecule is O=C(CSCc1cc(=O)n2ccsc2n1)NC1CCNC1. The average Bonchev–Trinajstić information content (AvgIpc) is 3.09. The Bertz CT molecular complexity index is 691. The molecule has 0 spiro atoms. The maximum Gasteiger partial charge on any atom is 0.258 e. The van der Waals surface area contributed by atoms with E-state index in [9.17, 15) is 9.59 Å². The van der Waals surface area contributed by atoms with Gasteiger partial charge in [0.2, 0.25) is 5.91 Å². The number of carbonyl (C=O) groups is 1. The maximum atomic E-state index is 11.8. The van der Waals surface area contributed by atoms with Crippen molar-refractivity contribution in [2.75, 3.05) is 18.8 Å². The molecule has 3 heterocycles. The smallest absolute Gasteiger partial charge is 0.258 e. The molecule has 1 amide bonds. The molecule has 0 radical (unpaired) electrons. The van der Waals surface area contributed by atoms with Crippen LogP contribution in [0.4, 0.5) is 0 Å². The summed E-state index contributed by atoms with van der Waals surface area (Å²) < 4.78 is 1.53. The van der Waals surface area contributed by atoms with E-state index in [2.05, 4.69) is 15.6 Å². The highest BCUT2D eigenvalue weighted by molar-refractivity contribution is 7.99. The third-order valence-corrected chi connectivity index (χ3v) is 4.99. The largest absolute Gasteiger partial charge is 0.351 e. The first-order valence-electron chi connectivity index (χ1n) is 6.76. The van der Waals surface area contributed by atoms with Crippen molar-refractivity contribution in [1.82, 2.24) is 20.0 Å². The molecule has 1 atom stereocenters. The van der Waals surface area contributed by atoms with Crippen LogP contribution in [0.5, 0.6) is 0 Å². The van der Waals surface area contributed by atoms with Gasteiger partial charge in [0, 0.05) is 36.0 Å². The summed E-state index contributed by atoms with van der Waals surface area (Å²) in [5.41, 5.74) is 0.654. The molecule has 112 valence electrons. The van der Waals surface area contributed by atoms with Gasteiger partial charge in [0.25, 0.3) is 5.56 Å². The monoisotopic (exact) mass is 324 g/mol. The van der Waals surface area contributed by atoms with Gasteiger partial charge in [-0.05, 0) is 13.0 Å². The minimum Gasteiger partial charge on any atom is -0.351 e. The van der Waals surface area contributed by atoms with Gasteiger partial charge in [-0.1, -0.05) is 0 Å². The van der Waals surface area contributed by atoms with Crippen LogP contribution in [-0.4, -0.2) is 40.2 Å².